The van der Waals surface area contributed by atoms with Crippen LogP contribution in [-0.4, -0.2) is 82.9 Å². The van der Waals surface area contributed by atoms with Gasteiger partial charge >= 0.3 is 0 Å². The fourth-order valence-corrected chi connectivity index (χ4v) is 9.03. The van der Waals surface area contributed by atoms with Crippen LogP contribution in [0.1, 0.15) is 98.5 Å². The Kier molecular flexibility index (Phi) is 8.25. The lowest BCUT2D eigenvalue weighted by Gasteiger charge is -2.40. The van der Waals surface area contributed by atoms with E-state index in [1.165, 1.54) is 24.1 Å². The summed E-state index contributed by atoms with van der Waals surface area (Å²) in [4.78, 5) is 18.7. The van der Waals surface area contributed by atoms with Gasteiger partial charge < -0.3 is 19.9 Å². The van der Waals surface area contributed by atoms with Crippen molar-refractivity contribution in [3.05, 3.63) is 33.4 Å². The van der Waals surface area contributed by atoms with Gasteiger partial charge in [-0.15, -0.1) is 11.3 Å². The Morgan fingerprint density at radius 2 is 2.04 bits per heavy atom. The Balaban J connectivity index is 1.30. The van der Waals surface area contributed by atoms with Crippen LogP contribution in [0.4, 0.5) is 10.8 Å². The molecule has 240 valence electrons. The Morgan fingerprint density at radius 3 is 2.78 bits per heavy atom. The summed E-state index contributed by atoms with van der Waals surface area (Å²) in [7, 11) is 4.43. The second kappa shape index (κ2) is 12.2. The maximum Gasteiger partial charge on any atom is 0.219 e. The number of nitriles is 1. The molecule has 3 aromatic rings. The third-order valence-corrected chi connectivity index (χ3v) is 11.9. The van der Waals surface area contributed by atoms with E-state index in [0.29, 0.717) is 34.0 Å². The normalized spacial score (nSPS) is 23.7. The highest BCUT2D eigenvalue weighted by molar-refractivity contribution is 7.16. The second-order valence-electron chi connectivity index (χ2n) is 13.7. The third kappa shape index (κ3) is 5.59. The number of hydrogen-bond donors (Lipinski definition) is 1. The molecule has 2 N–H and O–H groups in total. The quantitative estimate of drug-likeness (QED) is 0.320. The number of piperazine rings is 1. The lowest BCUT2D eigenvalue weighted by molar-refractivity contribution is 0.117. The average molecular weight is 631 g/mol. The van der Waals surface area contributed by atoms with Crippen LogP contribution < -0.4 is 15.4 Å². The molecule has 0 bridgehead atoms. The molecule has 0 amide bonds. The molecule has 0 aromatic carbocycles. The Morgan fingerprint density at radius 1 is 1.20 bits per heavy atom. The number of nitrogen functional groups attached to an aromatic ring is 1. The molecular weight excluding hydrogens is 584 g/mol. The van der Waals surface area contributed by atoms with Crippen LogP contribution in [0.15, 0.2) is 10.6 Å². The summed E-state index contributed by atoms with van der Waals surface area (Å²) in [5.41, 5.74) is 9.95. The van der Waals surface area contributed by atoms with E-state index in [9.17, 15) is 5.26 Å². The number of likely N-dealkylation sites (N-methyl/N-ethyl adjacent to an activating group) is 2. The average Bonchev–Trinajstić information content (AvgIpc) is 3.32. The van der Waals surface area contributed by atoms with E-state index in [4.69, 9.17) is 30.1 Å². The van der Waals surface area contributed by atoms with Gasteiger partial charge in [0.25, 0.3) is 0 Å². The van der Waals surface area contributed by atoms with Crippen LogP contribution in [-0.2, 0) is 12.8 Å². The number of nitrogens with two attached hydrogens (primary N) is 1. The van der Waals surface area contributed by atoms with Crippen molar-refractivity contribution in [3.63, 3.8) is 0 Å². The molecule has 0 radical (unpaired) electrons. The number of anilines is 2. The standard InChI is InChI=1S/C34H46N8O2S/c1-5-6-9-23-30(39-44-31(23)22-10-7-12-26-29(22)24(19-35)32(36)45-26)33-37-27(42-17-16-41(4)34(20-42)13-14-34)18-28(38-33)43-21(2)25-11-8-15-40(25)3/h18,21-22,25H,5-17,20,36H2,1-4H3/t21-,22-,25-/m0/s1. The highest BCUT2D eigenvalue weighted by Crippen LogP contribution is 2.47. The van der Waals surface area contributed by atoms with Crippen LogP contribution in [0.25, 0.3) is 11.5 Å². The lowest BCUT2D eigenvalue weighted by atomic mass is 9.81. The molecule has 5 heterocycles. The van der Waals surface area contributed by atoms with E-state index in [1.807, 2.05) is 6.07 Å². The molecule has 7 rings (SSSR count). The number of aromatic nitrogens is 3. The van der Waals surface area contributed by atoms with Gasteiger partial charge in [0.15, 0.2) is 11.5 Å². The van der Waals surface area contributed by atoms with Crippen molar-refractivity contribution in [2.75, 3.05) is 50.9 Å². The number of fused-ring (bicyclic) bond motifs is 1. The molecule has 45 heavy (non-hydrogen) atoms. The van der Waals surface area contributed by atoms with Gasteiger partial charge in [-0.1, -0.05) is 18.5 Å². The first-order chi connectivity index (χ1) is 21.8. The number of hydrogen-bond acceptors (Lipinski definition) is 11. The maximum atomic E-state index is 10.0. The van der Waals surface area contributed by atoms with Crippen LogP contribution in [0, 0.1) is 11.3 Å². The molecule has 3 aromatic heterocycles. The predicted molar refractivity (Wildman–Crippen MR) is 177 cm³/mol. The van der Waals surface area contributed by atoms with Gasteiger partial charge in [0.05, 0.1) is 5.56 Å². The summed E-state index contributed by atoms with van der Waals surface area (Å²) in [6, 6.07) is 4.77. The van der Waals surface area contributed by atoms with Gasteiger partial charge in [-0.05, 0) is 90.9 Å². The topological polar surface area (TPSA) is 121 Å². The monoisotopic (exact) mass is 630 g/mol. The molecule has 0 unspecified atom stereocenters. The zero-order valence-electron chi connectivity index (χ0n) is 27.1. The van der Waals surface area contributed by atoms with Crippen LogP contribution in [0.2, 0.25) is 0 Å². The number of thiophene rings is 1. The molecule has 11 heteroatoms. The number of rotatable bonds is 9. The fourth-order valence-electron chi connectivity index (χ4n) is 7.90. The van der Waals surface area contributed by atoms with E-state index < -0.39 is 0 Å². The SMILES string of the molecule is CCCCc1c(-c2nc(O[C@@H](C)[C@@H]3CCCN3C)cc(N3CCN(C)C4(CC4)C3)n2)noc1[C@H]1CCCc2sc(N)c(C#N)c21. The van der Waals surface area contributed by atoms with Gasteiger partial charge in [0, 0.05) is 53.6 Å². The van der Waals surface area contributed by atoms with Gasteiger partial charge in [-0.25, -0.2) is 4.98 Å². The molecule has 3 atom stereocenters. The van der Waals surface area contributed by atoms with Crippen LogP contribution in [0.5, 0.6) is 5.88 Å². The minimum atomic E-state index is -0.0470. The first-order valence-electron chi connectivity index (χ1n) is 16.8. The van der Waals surface area contributed by atoms with Crippen molar-refractivity contribution in [1.82, 2.24) is 24.9 Å². The van der Waals surface area contributed by atoms with Crippen molar-refractivity contribution >= 4 is 22.2 Å². The Bertz CT molecular complexity index is 1590. The molecule has 10 nitrogen and oxygen atoms in total. The zero-order valence-corrected chi connectivity index (χ0v) is 28.0. The molecule has 2 saturated heterocycles. The van der Waals surface area contributed by atoms with Gasteiger partial charge in [0.2, 0.25) is 5.88 Å². The van der Waals surface area contributed by atoms with Gasteiger partial charge in [-0.2, -0.15) is 10.2 Å². The number of aryl methyl sites for hydroxylation is 1. The minimum Gasteiger partial charge on any atom is -0.473 e. The highest BCUT2D eigenvalue weighted by atomic mass is 32.1. The van der Waals surface area contributed by atoms with E-state index in [1.54, 1.807) is 11.3 Å². The largest absolute Gasteiger partial charge is 0.473 e. The summed E-state index contributed by atoms with van der Waals surface area (Å²) in [6.07, 6.45) is 10.5. The summed E-state index contributed by atoms with van der Waals surface area (Å²) in [6.45, 7) is 8.31. The predicted octanol–water partition coefficient (Wildman–Crippen LogP) is 5.60. The molecule has 2 aliphatic carbocycles. The van der Waals surface area contributed by atoms with Crippen molar-refractivity contribution in [3.8, 4) is 23.5 Å². The van der Waals surface area contributed by atoms with Gasteiger partial charge in [-0.3, -0.25) is 9.80 Å². The van der Waals surface area contributed by atoms with Gasteiger partial charge in [0.1, 0.15) is 28.8 Å². The number of unbranched alkanes of at least 4 members (excludes halogenated alkanes) is 1. The van der Waals surface area contributed by atoms with Crippen molar-refractivity contribution in [1.29, 1.82) is 5.26 Å². The first-order valence-corrected chi connectivity index (χ1v) is 17.7. The number of nitrogens with zero attached hydrogens (tertiary/aromatic N) is 7. The highest BCUT2D eigenvalue weighted by Gasteiger charge is 2.50. The van der Waals surface area contributed by atoms with Crippen molar-refractivity contribution in [2.45, 2.75) is 102 Å². The molecular formula is C34H46N8O2S. The first kappa shape index (κ1) is 30.5. The minimum absolute atomic E-state index is 0.00286. The Labute approximate surface area is 270 Å². The summed E-state index contributed by atoms with van der Waals surface area (Å²) >= 11 is 1.55. The fraction of sp³-hybridized carbons (Fsp3) is 0.647. The molecule has 3 fully saturated rings. The van der Waals surface area contributed by atoms with E-state index in [2.05, 4.69) is 48.7 Å². The lowest BCUT2D eigenvalue weighted by Crippen LogP contribution is -2.53. The van der Waals surface area contributed by atoms with E-state index in [0.717, 1.165) is 93.8 Å². The Hall–Kier alpha value is -3.20. The zero-order chi connectivity index (χ0) is 31.3. The number of ether oxygens (including phenoxy) is 1. The molecule has 4 aliphatic rings. The van der Waals surface area contributed by atoms with E-state index >= 15 is 0 Å². The summed E-state index contributed by atoms with van der Waals surface area (Å²) < 4.78 is 12.9. The smallest absolute Gasteiger partial charge is 0.219 e. The summed E-state index contributed by atoms with van der Waals surface area (Å²) in [5.74, 6) is 2.83. The molecule has 1 saturated carbocycles. The third-order valence-electron chi connectivity index (χ3n) is 10.8. The van der Waals surface area contributed by atoms with Crippen LogP contribution in [0.3, 0.4) is 0 Å². The van der Waals surface area contributed by atoms with Crippen molar-refractivity contribution in [2.24, 2.45) is 0 Å². The second-order valence-corrected chi connectivity index (χ2v) is 14.8. The van der Waals surface area contributed by atoms with E-state index in [-0.39, 0.29) is 17.6 Å². The molecule has 1 spiro atoms. The molecule has 2 aliphatic heterocycles. The van der Waals surface area contributed by atoms with Crippen LogP contribution >= 0.6 is 11.3 Å². The van der Waals surface area contributed by atoms with Crippen molar-refractivity contribution < 1.29 is 9.26 Å². The maximum absolute atomic E-state index is 10.0. The summed E-state index contributed by atoms with van der Waals surface area (Å²) in [5, 5.41) is 15.3. The number of likely N-dealkylation sites (tertiary alicyclic amines) is 1.